The summed E-state index contributed by atoms with van der Waals surface area (Å²) in [6.07, 6.45) is 5.02. The van der Waals surface area contributed by atoms with E-state index in [-0.39, 0.29) is 24.2 Å². The zero-order chi connectivity index (χ0) is 19.3. The molecule has 9 heteroatoms. The van der Waals surface area contributed by atoms with E-state index in [0.29, 0.717) is 17.1 Å². The Morgan fingerprint density at radius 3 is 2.86 bits per heavy atom. The van der Waals surface area contributed by atoms with Gasteiger partial charge >= 0.3 is 5.91 Å². The van der Waals surface area contributed by atoms with E-state index >= 15 is 0 Å². The Labute approximate surface area is 161 Å². The summed E-state index contributed by atoms with van der Waals surface area (Å²) >= 11 is 0. The quantitative estimate of drug-likeness (QED) is 0.692. The number of hydrazine groups is 1. The monoisotopic (exact) mass is 383 g/mol. The van der Waals surface area contributed by atoms with Crippen LogP contribution in [-0.4, -0.2) is 39.3 Å². The molecule has 1 N–H and O–H groups in total. The average molecular weight is 383 g/mol. The summed E-state index contributed by atoms with van der Waals surface area (Å²) in [4.78, 5) is 16.6. The minimum atomic E-state index is -0.334. The minimum Gasteiger partial charge on any atom is -0.470 e. The summed E-state index contributed by atoms with van der Waals surface area (Å²) in [6.45, 7) is 3.65. The van der Waals surface area contributed by atoms with Crippen LogP contribution in [0.15, 0.2) is 39.5 Å². The molecule has 1 fully saturated rings. The molecule has 0 atom stereocenters. The largest absolute Gasteiger partial charge is 0.470 e. The molecular weight excluding hydrogens is 362 g/mol. The van der Waals surface area contributed by atoms with Crippen LogP contribution in [0.25, 0.3) is 11.4 Å². The maximum Gasteiger partial charge on any atom is 0.304 e. The van der Waals surface area contributed by atoms with Crippen LogP contribution in [0.3, 0.4) is 0 Å². The lowest BCUT2D eigenvalue weighted by molar-refractivity contribution is 0.0712. The maximum atomic E-state index is 12.3. The molecule has 9 nitrogen and oxygen atoms in total. The van der Waals surface area contributed by atoms with Crippen LogP contribution in [0.4, 0.5) is 0 Å². The van der Waals surface area contributed by atoms with Crippen molar-refractivity contribution >= 4 is 5.91 Å². The predicted octanol–water partition coefficient (Wildman–Crippen LogP) is 2.74. The van der Waals surface area contributed by atoms with Crippen molar-refractivity contribution < 1.29 is 18.6 Å². The second-order valence-electron chi connectivity index (χ2n) is 6.59. The van der Waals surface area contributed by atoms with Gasteiger partial charge in [-0.05, 0) is 37.1 Å². The Bertz CT molecular complexity index is 931. The number of carbonyl (C=O) groups excluding carboxylic acids is 1. The van der Waals surface area contributed by atoms with E-state index in [9.17, 15) is 4.79 Å². The molecule has 146 valence electrons. The molecule has 1 aliphatic rings. The zero-order valence-corrected chi connectivity index (χ0v) is 15.6. The van der Waals surface area contributed by atoms with Gasteiger partial charge in [0.1, 0.15) is 18.1 Å². The van der Waals surface area contributed by atoms with E-state index in [1.807, 2.05) is 23.2 Å². The number of nitrogens with one attached hydrogen (secondary N) is 1. The fraction of sp³-hybridized carbons (Fsp3) is 0.368. The van der Waals surface area contributed by atoms with Crippen LogP contribution in [-0.2, 0) is 6.61 Å². The van der Waals surface area contributed by atoms with Gasteiger partial charge in [0.05, 0.1) is 17.3 Å². The molecule has 3 aromatic rings. The van der Waals surface area contributed by atoms with Crippen molar-refractivity contribution in [3.8, 4) is 17.3 Å². The standard InChI is InChI=1S/C19H21N5O4/c1-13-14(18(23-27-13)15-7-3-4-8-20-15)12-26-17-11-16(28-22-17)19(25)21-24-9-5-2-6-10-24/h3-4,7-8,11H,2,5-6,9-10,12H2,1H3,(H,21,25). The minimum absolute atomic E-state index is 0.104. The molecule has 4 heterocycles. The topological polar surface area (TPSA) is 107 Å². The van der Waals surface area contributed by atoms with Crippen molar-refractivity contribution in [2.75, 3.05) is 13.1 Å². The van der Waals surface area contributed by atoms with Crippen molar-refractivity contribution in [3.63, 3.8) is 0 Å². The molecule has 1 aliphatic heterocycles. The van der Waals surface area contributed by atoms with Crippen molar-refractivity contribution in [1.29, 1.82) is 0 Å². The summed E-state index contributed by atoms with van der Waals surface area (Å²) in [5.41, 5.74) is 4.90. The van der Waals surface area contributed by atoms with E-state index in [2.05, 4.69) is 20.7 Å². The molecule has 4 rings (SSSR count). The fourth-order valence-electron chi connectivity index (χ4n) is 3.05. The first kappa shape index (κ1) is 18.2. The number of nitrogens with zero attached hydrogens (tertiary/aromatic N) is 4. The zero-order valence-electron chi connectivity index (χ0n) is 15.6. The van der Waals surface area contributed by atoms with Gasteiger partial charge in [0.25, 0.3) is 5.88 Å². The number of piperidine rings is 1. The number of ether oxygens (including phenoxy) is 1. The Balaban J connectivity index is 1.40. The highest BCUT2D eigenvalue weighted by atomic mass is 16.5. The number of hydrogen-bond donors (Lipinski definition) is 1. The van der Waals surface area contributed by atoms with Crippen LogP contribution in [0, 0.1) is 6.92 Å². The molecule has 1 amide bonds. The third-order valence-corrected chi connectivity index (χ3v) is 4.58. The van der Waals surface area contributed by atoms with Crippen molar-refractivity contribution in [1.82, 2.24) is 25.7 Å². The summed E-state index contributed by atoms with van der Waals surface area (Å²) in [6, 6.07) is 7.03. The Morgan fingerprint density at radius 1 is 1.21 bits per heavy atom. The van der Waals surface area contributed by atoms with Crippen LogP contribution in [0.5, 0.6) is 5.88 Å². The SMILES string of the molecule is Cc1onc(-c2ccccn2)c1COc1cc(C(=O)NN2CCCCC2)on1. The summed E-state index contributed by atoms with van der Waals surface area (Å²) in [7, 11) is 0. The lowest BCUT2D eigenvalue weighted by Gasteiger charge is -2.26. The van der Waals surface area contributed by atoms with Crippen LogP contribution in [0.2, 0.25) is 0 Å². The van der Waals surface area contributed by atoms with Gasteiger partial charge in [-0.3, -0.25) is 15.2 Å². The second-order valence-corrected chi connectivity index (χ2v) is 6.59. The first-order chi connectivity index (χ1) is 13.7. The highest BCUT2D eigenvalue weighted by Crippen LogP contribution is 2.25. The van der Waals surface area contributed by atoms with Gasteiger partial charge in [-0.25, -0.2) is 5.01 Å². The number of amides is 1. The van der Waals surface area contributed by atoms with Gasteiger partial charge in [0, 0.05) is 19.3 Å². The van der Waals surface area contributed by atoms with Crippen LogP contribution < -0.4 is 10.2 Å². The molecule has 0 unspecified atom stereocenters. The Kier molecular flexibility index (Phi) is 5.34. The van der Waals surface area contributed by atoms with Crippen molar-refractivity contribution in [2.45, 2.75) is 32.8 Å². The molecule has 28 heavy (non-hydrogen) atoms. The first-order valence-corrected chi connectivity index (χ1v) is 9.22. The second kappa shape index (κ2) is 8.22. The molecule has 0 aliphatic carbocycles. The third kappa shape index (κ3) is 4.04. The molecule has 0 saturated carbocycles. The number of hydrogen-bond acceptors (Lipinski definition) is 8. The van der Waals surface area contributed by atoms with Gasteiger partial charge in [-0.1, -0.05) is 17.6 Å². The molecule has 0 aromatic carbocycles. The normalized spacial score (nSPS) is 14.8. The van der Waals surface area contributed by atoms with Gasteiger partial charge in [-0.2, -0.15) is 0 Å². The molecule has 3 aromatic heterocycles. The molecular formula is C19H21N5O4. The maximum absolute atomic E-state index is 12.3. The van der Waals surface area contributed by atoms with Crippen molar-refractivity contribution in [2.24, 2.45) is 0 Å². The predicted molar refractivity (Wildman–Crippen MR) is 98.2 cm³/mol. The number of aryl methyl sites for hydroxylation is 1. The molecule has 0 radical (unpaired) electrons. The first-order valence-electron chi connectivity index (χ1n) is 9.22. The number of carbonyl (C=O) groups is 1. The summed E-state index contributed by atoms with van der Waals surface area (Å²) < 4.78 is 16.1. The Morgan fingerprint density at radius 2 is 2.07 bits per heavy atom. The molecule has 0 spiro atoms. The molecule has 0 bridgehead atoms. The Hall–Kier alpha value is -3.20. The van der Waals surface area contributed by atoms with Gasteiger partial charge < -0.3 is 13.8 Å². The van der Waals surface area contributed by atoms with Crippen LogP contribution >= 0.6 is 0 Å². The van der Waals surface area contributed by atoms with Crippen molar-refractivity contribution in [3.05, 3.63) is 47.5 Å². The summed E-state index contributed by atoms with van der Waals surface area (Å²) in [5, 5.41) is 9.78. The number of pyridine rings is 1. The lowest BCUT2D eigenvalue weighted by atomic mass is 10.1. The van der Waals surface area contributed by atoms with Gasteiger partial charge in [0.2, 0.25) is 5.76 Å². The highest BCUT2D eigenvalue weighted by molar-refractivity contribution is 5.91. The highest BCUT2D eigenvalue weighted by Gasteiger charge is 2.20. The van der Waals surface area contributed by atoms with Crippen LogP contribution in [0.1, 0.15) is 41.1 Å². The van der Waals surface area contributed by atoms with Gasteiger partial charge in [0.15, 0.2) is 0 Å². The molecule has 1 saturated heterocycles. The smallest absolute Gasteiger partial charge is 0.304 e. The van der Waals surface area contributed by atoms with E-state index in [1.165, 1.54) is 12.5 Å². The number of aromatic nitrogens is 3. The average Bonchev–Trinajstić information content (AvgIpc) is 3.34. The fourth-order valence-corrected chi connectivity index (χ4v) is 3.05. The summed E-state index contributed by atoms with van der Waals surface area (Å²) in [5.74, 6) is 0.621. The van der Waals surface area contributed by atoms with E-state index < -0.39 is 0 Å². The van der Waals surface area contributed by atoms with E-state index in [0.717, 1.165) is 31.5 Å². The van der Waals surface area contributed by atoms with Gasteiger partial charge in [-0.15, -0.1) is 0 Å². The van der Waals surface area contributed by atoms with E-state index in [1.54, 1.807) is 13.1 Å². The lowest BCUT2D eigenvalue weighted by Crippen LogP contribution is -2.44. The van der Waals surface area contributed by atoms with E-state index in [4.69, 9.17) is 13.8 Å². The third-order valence-electron chi connectivity index (χ3n) is 4.58. The number of rotatable bonds is 6.